The van der Waals surface area contributed by atoms with Crippen LogP contribution in [-0.2, 0) is 7.05 Å². The van der Waals surface area contributed by atoms with Crippen LogP contribution in [0.2, 0.25) is 0 Å². The number of hydrogen-bond acceptors (Lipinski definition) is 2. The van der Waals surface area contributed by atoms with Crippen LogP contribution in [0.25, 0.3) is 0 Å². The molecule has 3 aliphatic rings. The highest BCUT2D eigenvalue weighted by Gasteiger charge is 2.42. The van der Waals surface area contributed by atoms with Crippen LogP contribution in [-0.4, -0.2) is 15.7 Å². The number of amides is 1. The maximum absolute atomic E-state index is 13.2. The van der Waals surface area contributed by atoms with E-state index in [2.05, 4.69) is 30.3 Å². The molecule has 2 aromatic rings. The minimum atomic E-state index is -2.78. The summed E-state index contributed by atoms with van der Waals surface area (Å²) in [5.41, 5.74) is 2.77. The SMILES string of the molecule is CC(C)C1CC2CCC1c1c(NC(=O)c3cn(C)nc3C(F)F)cccc12. The Balaban J connectivity index is 1.69. The van der Waals surface area contributed by atoms with E-state index in [9.17, 15) is 13.6 Å². The zero-order valence-corrected chi connectivity index (χ0v) is 15.9. The predicted molar refractivity (Wildman–Crippen MR) is 100 cm³/mol. The van der Waals surface area contributed by atoms with Gasteiger partial charge in [0.15, 0.2) is 0 Å². The van der Waals surface area contributed by atoms with E-state index in [1.165, 1.54) is 34.8 Å². The van der Waals surface area contributed by atoms with Crippen molar-refractivity contribution in [1.82, 2.24) is 9.78 Å². The molecule has 1 amide bonds. The van der Waals surface area contributed by atoms with Gasteiger partial charge < -0.3 is 5.32 Å². The van der Waals surface area contributed by atoms with Crippen molar-refractivity contribution in [2.24, 2.45) is 18.9 Å². The monoisotopic (exact) mass is 373 g/mol. The van der Waals surface area contributed by atoms with Gasteiger partial charge in [-0.3, -0.25) is 9.48 Å². The van der Waals surface area contributed by atoms with Gasteiger partial charge >= 0.3 is 0 Å². The molecular weight excluding hydrogens is 348 g/mol. The molecule has 3 atom stereocenters. The first-order valence-electron chi connectivity index (χ1n) is 9.62. The van der Waals surface area contributed by atoms with E-state index in [1.807, 2.05) is 12.1 Å². The summed E-state index contributed by atoms with van der Waals surface area (Å²) in [6.45, 7) is 4.52. The zero-order valence-electron chi connectivity index (χ0n) is 15.9. The number of aryl methyl sites for hydroxylation is 1. The topological polar surface area (TPSA) is 46.9 Å². The van der Waals surface area contributed by atoms with Gasteiger partial charge in [0, 0.05) is 18.9 Å². The molecule has 6 heteroatoms. The van der Waals surface area contributed by atoms with Crippen molar-refractivity contribution in [3.05, 3.63) is 46.8 Å². The number of halogens is 2. The lowest BCUT2D eigenvalue weighted by molar-refractivity contribution is 0.101. The molecule has 0 saturated heterocycles. The summed E-state index contributed by atoms with van der Waals surface area (Å²) in [4.78, 5) is 12.8. The number of alkyl halides is 2. The number of aromatic nitrogens is 2. The number of nitrogens with zero attached hydrogens (tertiary/aromatic N) is 2. The molecule has 0 aliphatic heterocycles. The third kappa shape index (κ3) is 3.05. The van der Waals surface area contributed by atoms with Crippen molar-refractivity contribution in [2.75, 3.05) is 5.32 Å². The van der Waals surface area contributed by atoms with E-state index in [0.29, 0.717) is 23.7 Å². The van der Waals surface area contributed by atoms with E-state index in [1.54, 1.807) is 7.05 Å². The van der Waals surface area contributed by atoms with Gasteiger partial charge in [0.25, 0.3) is 12.3 Å². The molecule has 3 unspecified atom stereocenters. The molecule has 1 saturated carbocycles. The van der Waals surface area contributed by atoms with Crippen molar-refractivity contribution in [3.8, 4) is 0 Å². The fourth-order valence-corrected chi connectivity index (χ4v) is 5.08. The normalized spacial score (nSPS) is 23.7. The van der Waals surface area contributed by atoms with E-state index >= 15 is 0 Å². The van der Waals surface area contributed by atoms with Crippen LogP contribution in [0.15, 0.2) is 24.4 Å². The lowest BCUT2D eigenvalue weighted by atomic mass is 9.59. The first-order valence-corrected chi connectivity index (χ1v) is 9.62. The molecule has 5 rings (SSSR count). The highest BCUT2D eigenvalue weighted by atomic mass is 19.3. The van der Waals surface area contributed by atoms with Gasteiger partial charge in [-0.2, -0.15) is 5.10 Å². The Labute approximate surface area is 158 Å². The molecular formula is C21H25F2N3O. The molecule has 4 nitrogen and oxygen atoms in total. The lowest BCUT2D eigenvalue weighted by Crippen LogP contribution is -2.33. The van der Waals surface area contributed by atoms with Crippen LogP contribution in [0.4, 0.5) is 14.5 Å². The van der Waals surface area contributed by atoms with Crippen molar-refractivity contribution >= 4 is 11.6 Å². The Morgan fingerprint density at radius 2 is 2.07 bits per heavy atom. The number of carbonyl (C=O) groups is 1. The second-order valence-electron chi connectivity index (χ2n) is 8.19. The van der Waals surface area contributed by atoms with Gasteiger partial charge in [-0.25, -0.2) is 8.78 Å². The molecule has 1 aromatic carbocycles. The second kappa shape index (κ2) is 6.73. The highest BCUT2D eigenvalue weighted by molar-refractivity contribution is 6.05. The maximum Gasteiger partial charge on any atom is 0.282 e. The Morgan fingerprint density at radius 1 is 1.30 bits per heavy atom. The predicted octanol–water partition coefficient (Wildman–Crippen LogP) is 5.25. The summed E-state index contributed by atoms with van der Waals surface area (Å²) in [6.07, 6.45) is 2.09. The third-order valence-electron chi connectivity index (χ3n) is 6.26. The minimum Gasteiger partial charge on any atom is -0.322 e. The fourth-order valence-electron chi connectivity index (χ4n) is 5.08. The van der Waals surface area contributed by atoms with Crippen LogP contribution >= 0.6 is 0 Å². The second-order valence-corrected chi connectivity index (χ2v) is 8.19. The molecule has 1 heterocycles. The minimum absolute atomic E-state index is 0.0634. The molecule has 0 radical (unpaired) electrons. The standard InChI is InChI=1S/C21H25F2N3O/c1-11(2)15-9-12-7-8-14(15)18-13(12)5-4-6-17(18)24-21(27)16-10-26(3)25-19(16)20(22)23/h4-6,10-12,14-15,20H,7-9H2,1-3H3,(H,24,27). The summed E-state index contributed by atoms with van der Waals surface area (Å²) in [5.74, 6) is 1.62. The Hall–Kier alpha value is -2.24. The lowest BCUT2D eigenvalue weighted by Gasteiger charge is -2.46. The fraction of sp³-hybridized carbons (Fsp3) is 0.524. The molecule has 1 fully saturated rings. The van der Waals surface area contributed by atoms with Crippen LogP contribution in [0.5, 0.6) is 0 Å². The number of benzene rings is 1. The number of hydrogen-bond donors (Lipinski definition) is 1. The molecule has 1 aromatic heterocycles. The van der Waals surface area contributed by atoms with Crippen molar-refractivity contribution in [2.45, 2.75) is 51.4 Å². The van der Waals surface area contributed by atoms with Crippen molar-refractivity contribution < 1.29 is 13.6 Å². The summed E-state index contributed by atoms with van der Waals surface area (Å²) in [7, 11) is 1.54. The van der Waals surface area contributed by atoms with Gasteiger partial charge in [-0.05, 0) is 60.1 Å². The summed E-state index contributed by atoms with van der Waals surface area (Å²) in [6, 6.07) is 6.01. The van der Waals surface area contributed by atoms with Crippen LogP contribution in [0, 0.1) is 11.8 Å². The number of carbonyl (C=O) groups excluding carboxylic acids is 1. The molecule has 0 spiro atoms. The molecule has 2 bridgehead atoms. The van der Waals surface area contributed by atoms with Crippen LogP contribution in [0.3, 0.4) is 0 Å². The number of rotatable bonds is 4. The summed E-state index contributed by atoms with van der Waals surface area (Å²) < 4.78 is 27.7. The van der Waals surface area contributed by atoms with Crippen LogP contribution in [0.1, 0.15) is 78.6 Å². The summed E-state index contributed by atoms with van der Waals surface area (Å²) in [5, 5.41) is 6.65. The van der Waals surface area contributed by atoms with E-state index in [-0.39, 0.29) is 5.56 Å². The summed E-state index contributed by atoms with van der Waals surface area (Å²) >= 11 is 0. The molecule has 3 aliphatic carbocycles. The van der Waals surface area contributed by atoms with E-state index in [4.69, 9.17) is 0 Å². The molecule has 144 valence electrons. The van der Waals surface area contributed by atoms with E-state index < -0.39 is 18.0 Å². The smallest absolute Gasteiger partial charge is 0.282 e. The highest BCUT2D eigenvalue weighted by Crippen LogP contribution is 2.56. The Kier molecular flexibility index (Phi) is 4.52. The van der Waals surface area contributed by atoms with Crippen LogP contribution < -0.4 is 5.32 Å². The zero-order chi connectivity index (χ0) is 19.3. The van der Waals surface area contributed by atoms with Crippen molar-refractivity contribution in [1.29, 1.82) is 0 Å². The average molecular weight is 373 g/mol. The first-order chi connectivity index (χ1) is 12.9. The van der Waals surface area contributed by atoms with Gasteiger partial charge in [-0.15, -0.1) is 0 Å². The first kappa shape index (κ1) is 18.1. The maximum atomic E-state index is 13.2. The quantitative estimate of drug-likeness (QED) is 0.796. The average Bonchev–Trinajstić information content (AvgIpc) is 3.04. The Bertz CT molecular complexity index is 874. The number of anilines is 1. The largest absolute Gasteiger partial charge is 0.322 e. The third-order valence-corrected chi connectivity index (χ3v) is 6.26. The Morgan fingerprint density at radius 3 is 2.78 bits per heavy atom. The van der Waals surface area contributed by atoms with Gasteiger partial charge in [0.1, 0.15) is 5.69 Å². The van der Waals surface area contributed by atoms with Gasteiger partial charge in [0.05, 0.1) is 5.56 Å². The van der Waals surface area contributed by atoms with Gasteiger partial charge in [-0.1, -0.05) is 26.0 Å². The van der Waals surface area contributed by atoms with E-state index in [0.717, 1.165) is 12.1 Å². The number of fused-ring (bicyclic) bond motifs is 2. The molecule has 1 N–H and O–H groups in total. The number of nitrogens with one attached hydrogen (secondary N) is 1. The molecule has 27 heavy (non-hydrogen) atoms. The van der Waals surface area contributed by atoms with Crippen molar-refractivity contribution in [3.63, 3.8) is 0 Å². The van der Waals surface area contributed by atoms with Gasteiger partial charge in [0.2, 0.25) is 0 Å².